The number of hydrogen-bond acceptors (Lipinski definition) is 3. The van der Waals surface area contributed by atoms with E-state index in [9.17, 15) is 9.59 Å². The summed E-state index contributed by atoms with van der Waals surface area (Å²) >= 11 is 0. The zero-order valence-electron chi connectivity index (χ0n) is 14.6. The predicted molar refractivity (Wildman–Crippen MR) is 100 cm³/mol. The Morgan fingerprint density at radius 2 is 1.92 bits per heavy atom. The number of anilines is 2. The first kappa shape index (κ1) is 17.3. The van der Waals surface area contributed by atoms with Crippen molar-refractivity contribution < 1.29 is 9.59 Å². The van der Waals surface area contributed by atoms with Crippen molar-refractivity contribution in [3.8, 4) is 0 Å². The maximum absolute atomic E-state index is 12.1. The quantitative estimate of drug-likeness (QED) is 0.819. The van der Waals surface area contributed by atoms with Crippen LogP contribution in [0.25, 0.3) is 0 Å². The van der Waals surface area contributed by atoms with Crippen LogP contribution in [-0.2, 0) is 11.3 Å². The molecule has 1 aromatic heterocycles. The van der Waals surface area contributed by atoms with Gasteiger partial charge in [-0.25, -0.2) is 0 Å². The summed E-state index contributed by atoms with van der Waals surface area (Å²) in [4.78, 5) is 25.4. The van der Waals surface area contributed by atoms with Gasteiger partial charge in [0.15, 0.2) is 6.29 Å². The average molecular weight is 339 g/mol. The molecule has 0 unspecified atom stereocenters. The van der Waals surface area contributed by atoms with E-state index in [1.54, 1.807) is 10.6 Å². The van der Waals surface area contributed by atoms with Gasteiger partial charge in [-0.2, -0.15) is 0 Å². The number of aldehydes is 1. The fourth-order valence-electron chi connectivity index (χ4n) is 3.21. The molecule has 0 aliphatic carbocycles. The molecule has 132 valence electrons. The first-order chi connectivity index (χ1) is 12.2. The maximum atomic E-state index is 12.1. The number of aryl methyl sites for hydroxylation is 1. The maximum Gasteiger partial charge on any atom is 0.226 e. The van der Waals surface area contributed by atoms with Gasteiger partial charge in [-0.1, -0.05) is 6.92 Å². The van der Waals surface area contributed by atoms with Crippen LogP contribution in [0.15, 0.2) is 42.6 Å². The molecule has 2 heterocycles. The summed E-state index contributed by atoms with van der Waals surface area (Å²) in [6.45, 7) is 5.00. The summed E-state index contributed by atoms with van der Waals surface area (Å²) in [6, 6.07) is 11.6. The van der Waals surface area contributed by atoms with Crippen LogP contribution >= 0.6 is 0 Å². The van der Waals surface area contributed by atoms with Gasteiger partial charge in [0.25, 0.3) is 0 Å². The van der Waals surface area contributed by atoms with Crippen LogP contribution in [0, 0.1) is 5.92 Å². The first-order valence-electron chi connectivity index (χ1n) is 8.91. The molecule has 0 atom stereocenters. The zero-order valence-corrected chi connectivity index (χ0v) is 14.6. The summed E-state index contributed by atoms with van der Waals surface area (Å²) in [7, 11) is 0. The Hall–Kier alpha value is -2.56. The Balaban J connectivity index is 1.51. The molecule has 1 amide bonds. The lowest BCUT2D eigenvalue weighted by Gasteiger charge is -2.32. The number of rotatable bonds is 6. The van der Waals surface area contributed by atoms with Crippen molar-refractivity contribution in [3.63, 3.8) is 0 Å². The molecule has 1 aromatic carbocycles. The fourth-order valence-corrected chi connectivity index (χ4v) is 3.21. The molecule has 1 fully saturated rings. The summed E-state index contributed by atoms with van der Waals surface area (Å²) in [5.41, 5.74) is 2.61. The molecular formula is C20H25N3O2. The van der Waals surface area contributed by atoms with Crippen molar-refractivity contribution in [3.05, 3.63) is 48.3 Å². The van der Waals surface area contributed by atoms with E-state index in [0.717, 1.165) is 31.0 Å². The fraction of sp³-hybridized carbons (Fsp3) is 0.400. The number of benzene rings is 1. The van der Waals surface area contributed by atoms with Crippen molar-refractivity contribution in [2.24, 2.45) is 5.92 Å². The van der Waals surface area contributed by atoms with Gasteiger partial charge >= 0.3 is 0 Å². The minimum absolute atomic E-state index is 0.0508. The minimum Gasteiger partial charge on any atom is -0.372 e. The van der Waals surface area contributed by atoms with Gasteiger partial charge < -0.3 is 14.8 Å². The standard InChI is InChI=1S/C20H25N3O2/c1-16-8-12-23(13-9-16)18-6-4-17(5-7-18)21-20(25)10-14-22-11-2-3-19(22)15-24/h2-7,11,15-16H,8-10,12-14H2,1H3,(H,21,25). The van der Waals surface area contributed by atoms with Gasteiger partial charge in [-0.3, -0.25) is 9.59 Å². The third-order valence-electron chi connectivity index (χ3n) is 4.86. The normalized spacial score (nSPS) is 15.2. The van der Waals surface area contributed by atoms with E-state index in [1.165, 1.54) is 18.5 Å². The van der Waals surface area contributed by atoms with Crippen molar-refractivity contribution >= 4 is 23.6 Å². The van der Waals surface area contributed by atoms with Crippen molar-refractivity contribution in [1.29, 1.82) is 0 Å². The molecule has 1 N–H and O–H groups in total. The Labute approximate surface area is 148 Å². The number of carbonyl (C=O) groups excluding carboxylic acids is 2. The Morgan fingerprint density at radius 1 is 1.20 bits per heavy atom. The molecule has 25 heavy (non-hydrogen) atoms. The molecule has 5 nitrogen and oxygen atoms in total. The monoisotopic (exact) mass is 339 g/mol. The van der Waals surface area contributed by atoms with Gasteiger partial charge in [0.1, 0.15) is 0 Å². The van der Waals surface area contributed by atoms with Crippen LogP contribution in [0.2, 0.25) is 0 Å². The van der Waals surface area contributed by atoms with E-state index < -0.39 is 0 Å². The van der Waals surface area contributed by atoms with E-state index in [0.29, 0.717) is 18.7 Å². The van der Waals surface area contributed by atoms with Crippen LogP contribution in [0.5, 0.6) is 0 Å². The lowest BCUT2D eigenvalue weighted by atomic mass is 9.99. The Morgan fingerprint density at radius 3 is 2.60 bits per heavy atom. The molecule has 0 radical (unpaired) electrons. The molecule has 1 aliphatic rings. The van der Waals surface area contributed by atoms with E-state index in [4.69, 9.17) is 0 Å². The van der Waals surface area contributed by atoms with Gasteiger partial charge in [-0.15, -0.1) is 0 Å². The molecule has 0 saturated carbocycles. The molecule has 5 heteroatoms. The van der Waals surface area contributed by atoms with Crippen LogP contribution in [-0.4, -0.2) is 29.8 Å². The number of aromatic nitrogens is 1. The number of piperidine rings is 1. The smallest absolute Gasteiger partial charge is 0.226 e. The lowest BCUT2D eigenvalue weighted by Crippen LogP contribution is -2.32. The largest absolute Gasteiger partial charge is 0.372 e. The third-order valence-corrected chi connectivity index (χ3v) is 4.86. The molecule has 2 aromatic rings. The topological polar surface area (TPSA) is 54.3 Å². The Bertz CT molecular complexity index is 713. The van der Waals surface area contributed by atoms with Gasteiger partial charge in [-0.05, 0) is 55.2 Å². The number of nitrogens with zero attached hydrogens (tertiary/aromatic N) is 2. The number of carbonyl (C=O) groups is 2. The number of amides is 1. The predicted octanol–water partition coefficient (Wildman–Crippen LogP) is 3.57. The molecular weight excluding hydrogens is 314 g/mol. The second-order valence-electron chi connectivity index (χ2n) is 6.76. The average Bonchev–Trinajstić information content (AvgIpc) is 3.09. The highest BCUT2D eigenvalue weighted by Crippen LogP contribution is 2.24. The molecule has 1 aliphatic heterocycles. The molecule has 0 spiro atoms. The summed E-state index contributed by atoms with van der Waals surface area (Å²) in [6.07, 6.45) is 5.42. The van der Waals surface area contributed by atoms with E-state index >= 15 is 0 Å². The SMILES string of the molecule is CC1CCN(c2ccc(NC(=O)CCn3cccc3C=O)cc2)CC1. The minimum atomic E-state index is -0.0508. The summed E-state index contributed by atoms with van der Waals surface area (Å²) in [5.74, 6) is 0.764. The first-order valence-corrected chi connectivity index (χ1v) is 8.91. The second-order valence-corrected chi connectivity index (χ2v) is 6.76. The van der Waals surface area contributed by atoms with Gasteiger partial charge in [0.05, 0.1) is 5.69 Å². The third kappa shape index (κ3) is 4.50. The van der Waals surface area contributed by atoms with Crippen LogP contribution in [0.1, 0.15) is 36.7 Å². The lowest BCUT2D eigenvalue weighted by molar-refractivity contribution is -0.116. The van der Waals surface area contributed by atoms with Gasteiger partial charge in [0, 0.05) is 43.6 Å². The highest BCUT2D eigenvalue weighted by atomic mass is 16.1. The van der Waals surface area contributed by atoms with Crippen molar-refractivity contribution in [2.45, 2.75) is 32.7 Å². The summed E-state index contributed by atoms with van der Waals surface area (Å²) in [5, 5.41) is 2.92. The van der Waals surface area contributed by atoms with E-state index in [-0.39, 0.29) is 5.91 Å². The Kier molecular flexibility index (Phi) is 5.53. The zero-order chi connectivity index (χ0) is 17.6. The van der Waals surface area contributed by atoms with Crippen molar-refractivity contribution in [1.82, 2.24) is 4.57 Å². The van der Waals surface area contributed by atoms with Gasteiger partial charge in [0.2, 0.25) is 5.91 Å². The van der Waals surface area contributed by atoms with E-state index in [1.807, 2.05) is 24.4 Å². The van der Waals surface area contributed by atoms with Crippen LogP contribution < -0.4 is 10.2 Å². The molecule has 1 saturated heterocycles. The highest BCUT2D eigenvalue weighted by molar-refractivity contribution is 5.90. The second kappa shape index (κ2) is 8.01. The number of hydrogen-bond donors (Lipinski definition) is 1. The molecule has 3 rings (SSSR count). The number of nitrogens with one attached hydrogen (secondary N) is 1. The summed E-state index contributed by atoms with van der Waals surface area (Å²) < 4.78 is 1.78. The van der Waals surface area contributed by atoms with E-state index in [2.05, 4.69) is 29.3 Å². The van der Waals surface area contributed by atoms with Crippen LogP contribution in [0.4, 0.5) is 11.4 Å². The highest BCUT2D eigenvalue weighted by Gasteiger charge is 2.15. The van der Waals surface area contributed by atoms with Crippen molar-refractivity contribution in [2.75, 3.05) is 23.3 Å². The molecule has 0 bridgehead atoms. The van der Waals surface area contributed by atoms with Crippen LogP contribution in [0.3, 0.4) is 0 Å².